The highest BCUT2D eigenvalue weighted by molar-refractivity contribution is 4.97. The van der Waals surface area contributed by atoms with Gasteiger partial charge in [-0.1, -0.05) is 20.8 Å². The van der Waals surface area contributed by atoms with E-state index in [4.69, 9.17) is 5.11 Å². The Balaban J connectivity index is 2.50. The Hall–Kier alpha value is -0.870. The van der Waals surface area contributed by atoms with E-state index in [9.17, 15) is 0 Å². The molecular formula is C12H23N3O. The molecule has 1 heterocycles. The highest BCUT2D eigenvalue weighted by atomic mass is 16.3. The molecule has 1 aromatic heterocycles. The number of hydrogen-bond donors (Lipinski definition) is 2. The molecule has 0 amide bonds. The highest BCUT2D eigenvalue weighted by Gasteiger charge is 2.16. The van der Waals surface area contributed by atoms with Crippen LogP contribution in [0.3, 0.4) is 0 Å². The lowest BCUT2D eigenvalue weighted by Crippen LogP contribution is -2.33. The third-order valence-electron chi connectivity index (χ3n) is 2.28. The van der Waals surface area contributed by atoms with Crippen LogP contribution in [0.15, 0.2) is 12.3 Å². The van der Waals surface area contributed by atoms with Crippen LogP contribution in [0, 0.1) is 5.41 Å². The van der Waals surface area contributed by atoms with E-state index < -0.39 is 0 Å². The van der Waals surface area contributed by atoms with Gasteiger partial charge in [0.25, 0.3) is 0 Å². The first-order chi connectivity index (χ1) is 7.51. The van der Waals surface area contributed by atoms with Gasteiger partial charge >= 0.3 is 0 Å². The summed E-state index contributed by atoms with van der Waals surface area (Å²) in [4.78, 5) is 2.35. The second kappa shape index (κ2) is 6.01. The molecule has 0 saturated heterocycles. The molecule has 0 saturated carbocycles. The molecule has 1 aromatic rings. The number of aromatic nitrogens is 2. The topological polar surface area (TPSA) is 52.1 Å². The van der Waals surface area contributed by atoms with E-state index in [0.29, 0.717) is 0 Å². The largest absolute Gasteiger partial charge is 0.396 e. The molecule has 92 valence electrons. The Morgan fingerprint density at radius 1 is 1.44 bits per heavy atom. The molecule has 16 heavy (non-hydrogen) atoms. The highest BCUT2D eigenvalue weighted by Crippen LogP contribution is 2.16. The molecular weight excluding hydrogens is 202 g/mol. The van der Waals surface area contributed by atoms with E-state index in [0.717, 1.165) is 31.7 Å². The van der Waals surface area contributed by atoms with Crippen molar-refractivity contribution in [2.45, 2.75) is 33.7 Å². The van der Waals surface area contributed by atoms with Crippen LogP contribution in [0.2, 0.25) is 0 Å². The number of nitrogens with one attached hydrogen (secondary N) is 1. The summed E-state index contributed by atoms with van der Waals surface area (Å²) in [7, 11) is 0. The van der Waals surface area contributed by atoms with Gasteiger partial charge in [-0.15, -0.1) is 0 Å². The number of rotatable bonds is 6. The SMILES string of the molecule is CC(C)(C)CN(CCCO)Cc1ccn[nH]1. The minimum absolute atomic E-state index is 0.254. The minimum atomic E-state index is 0.254. The van der Waals surface area contributed by atoms with Crippen molar-refractivity contribution in [2.75, 3.05) is 19.7 Å². The first-order valence-corrected chi connectivity index (χ1v) is 5.83. The van der Waals surface area contributed by atoms with E-state index in [1.807, 2.05) is 6.07 Å². The van der Waals surface area contributed by atoms with Gasteiger partial charge in [-0.2, -0.15) is 5.10 Å². The van der Waals surface area contributed by atoms with Crippen LogP contribution >= 0.6 is 0 Å². The van der Waals surface area contributed by atoms with E-state index in [1.54, 1.807) is 6.20 Å². The van der Waals surface area contributed by atoms with Gasteiger partial charge in [0, 0.05) is 38.1 Å². The summed E-state index contributed by atoms with van der Waals surface area (Å²) < 4.78 is 0. The van der Waals surface area contributed by atoms with Crippen LogP contribution < -0.4 is 0 Å². The van der Waals surface area contributed by atoms with Crippen molar-refractivity contribution in [2.24, 2.45) is 5.41 Å². The fourth-order valence-corrected chi connectivity index (χ4v) is 1.79. The maximum Gasteiger partial charge on any atom is 0.0492 e. The van der Waals surface area contributed by atoms with E-state index in [1.165, 1.54) is 0 Å². The number of aliphatic hydroxyl groups is 1. The molecule has 0 aliphatic carbocycles. The van der Waals surface area contributed by atoms with Crippen molar-refractivity contribution >= 4 is 0 Å². The zero-order valence-corrected chi connectivity index (χ0v) is 10.5. The molecule has 0 spiro atoms. The maximum absolute atomic E-state index is 8.89. The van der Waals surface area contributed by atoms with Crippen LogP contribution in [0.5, 0.6) is 0 Å². The average Bonchev–Trinajstić information content (AvgIpc) is 2.64. The molecule has 0 radical (unpaired) electrons. The quantitative estimate of drug-likeness (QED) is 0.774. The van der Waals surface area contributed by atoms with E-state index in [2.05, 4.69) is 35.9 Å². The van der Waals surface area contributed by atoms with Gasteiger partial charge in [0.15, 0.2) is 0 Å². The lowest BCUT2D eigenvalue weighted by Gasteiger charge is -2.29. The third-order valence-corrected chi connectivity index (χ3v) is 2.28. The molecule has 0 atom stereocenters. The number of nitrogens with zero attached hydrogens (tertiary/aromatic N) is 2. The lowest BCUT2D eigenvalue weighted by atomic mass is 9.96. The molecule has 4 heteroatoms. The fraction of sp³-hybridized carbons (Fsp3) is 0.750. The van der Waals surface area contributed by atoms with E-state index in [-0.39, 0.29) is 12.0 Å². The van der Waals surface area contributed by atoms with E-state index >= 15 is 0 Å². The molecule has 0 unspecified atom stereocenters. The van der Waals surface area contributed by atoms with Crippen LogP contribution in [0.4, 0.5) is 0 Å². The summed E-state index contributed by atoms with van der Waals surface area (Å²) in [5, 5.41) is 15.8. The minimum Gasteiger partial charge on any atom is -0.396 e. The van der Waals surface area contributed by atoms with Crippen molar-refractivity contribution in [1.29, 1.82) is 0 Å². The van der Waals surface area contributed by atoms with Gasteiger partial charge in [-0.3, -0.25) is 10.00 Å². The number of H-pyrrole nitrogens is 1. The maximum atomic E-state index is 8.89. The lowest BCUT2D eigenvalue weighted by molar-refractivity contribution is 0.164. The monoisotopic (exact) mass is 225 g/mol. The van der Waals surface area contributed by atoms with Gasteiger partial charge in [0.2, 0.25) is 0 Å². The Labute approximate surface area is 97.7 Å². The molecule has 0 aliphatic heterocycles. The van der Waals surface area contributed by atoms with Crippen molar-refractivity contribution in [3.05, 3.63) is 18.0 Å². The Morgan fingerprint density at radius 2 is 2.19 bits per heavy atom. The van der Waals surface area contributed by atoms with Crippen LogP contribution in [0.25, 0.3) is 0 Å². The second-order valence-electron chi connectivity index (χ2n) is 5.43. The van der Waals surface area contributed by atoms with Gasteiger partial charge in [-0.05, 0) is 17.9 Å². The Kier molecular flexibility index (Phi) is 4.96. The predicted molar refractivity (Wildman–Crippen MR) is 65.0 cm³/mol. The normalized spacial score (nSPS) is 12.3. The van der Waals surface area contributed by atoms with Gasteiger partial charge in [0.05, 0.1) is 0 Å². The average molecular weight is 225 g/mol. The zero-order chi connectivity index (χ0) is 12.0. The molecule has 4 nitrogen and oxygen atoms in total. The third kappa shape index (κ3) is 5.28. The van der Waals surface area contributed by atoms with Crippen molar-refractivity contribution in [3.63, 3.8) is 0 Å². The van der Waals surface area contributed by atoms with Gasteiger partial charge in [-0.25, -0.2) is 0 Å². The van der Waals surface area contributed by atoms with Crippen LogP contribution in [0.1, 0.15) is 32.9 Å². The van der Waals surface area contributed by atoms with Crippen molar-refractivity contribution < 1.29 is 5.11 Å². The van der Waals surface area contributed by atoms with Crippen LogP contribution in [-0.4, -0.2) is 39.9 Å². The molecule has 0 aliphatic rings. The standard InChI is InChI=1S/C12H23N3O/c1-12(2,3)10-15(7-4-8-16)9-11-5-6-13-14-11/h5-6,16H,4,7-10H2,1-3H3,(H,13,14). The van der Waals surface area contributed by atoms with Crippen molar-refractivity contribution in [1.82, 2.24) is 15.1 Å². The first kappa shape index (κ1) is 13.2. The number of aromatic amines is 1. The summed E-state index contributed by atoms with van der Waals surface area (Å²) in [6.07, 6.45) is 2.60. The Bertz CT molecular complexity index is 277. The molecule has 1 rings (SSSR count). The van der Waals surface area contributed by atoms with Gasteiger partial charge < -0.3 is 5.11 Å². The molecule has 0 fully saturated rings. The summed E-state index contributed by atoms with van der Waals surface area (Å²) >= 11 is 0. The summed E-state index contributed by atoms with van der Waals surface area (Å²) in [6, 6.07) is 1.99. The van der Waals surface area contributed by atoms with Crippen LogP contribution in [-0.2, 0) is 6.54 Å². The van der Waals surface area contributed by atoms with Crippen molar-refractivity contribution in [3.8, 4) is 0 Å². The summed E-state index contributed by atoms with van der Waals surface area (Å²) in [5.74, 6) is 0. The second-order valence-corrected chi connectivity index (χ2v) is 5.43. The molecule has 0 bridgehead atoms. The molecule has 2 N–H and O–H groups in total. The smallest absolute Gasteiger partial charge is 0.0492 e. The first-order valence-electron chi connectivity index (χ1n) is 5.83. The zero-order valence-electron chi connectivity index (χ0n) is 10.5. The van der Waals surface area contributed by atoms with Gasteiger partial charge in [0.1, 0.15) is 0 Å². The summed E-state index contributed by atoms with van der Waals surface area (Å²) in [6.45, 7) is 9.75. The Morgan fingerprint density at radius 3 is 2.69 bits per heavy atom. The number of hydrogen-bond acceptors (Lipinski definition) is 3. The fourth-order valence-electron chi connectivity index (χ4n) is 1.79. The summed E-state index contributed by atoms with van der Waals surface area (Å²) in [5.41, 5.74) is 1.40. The number of aliphatic hydroxyl groups excluding tert-OH is 1. The molecule has 0 aromatic carbocycles. The predicted octanol–water partition coefficient (Wildman–Crippen LogP) is 1.64.